The number of hydrogen-bond donors (Lipinski definition) is 0. The van der Waals surface area contributed by atoms with Crippen LogP contribution in [0.2, 0.25) is 0 Å². The first kappa shape index (κ1) is 19.4. The Balaban J connectivity index is 3.21. The van der Waals surface area contributed by atoms with Crippen molar-refractivity contribution in [2.45, 2.75) is 50.2 Å². The molecule has 1 heterocycles. The first-order valence-electron chi connectivity index (χ1n) is 6.58. The van der Waals surface area contributed by atoms with Crippen molar-refractivity contribution in [3.63, 3.8) is 0 Å². The summed E-state index contributed by atoms with van der Waals surface area (Å²) in [6, 6.07) is 0. The van der Waals surface area contributed by atoms with Crippen molar-refractivity contribution in [3.05, 3.63) is 0 Å². The van der Waals surface area contributed by atoms with E-state index in [1.807, 2.05) is 0 Å². The first-order chi connectivity index (χ1) is 10.7. The monoisotopic (exact) mass is 397 g/mol. The fourth-order valence-corrected chi connectivity index (χ4v) is 2.77. The van der Waals surface area contributed by atoms with E-state index in [0.717, 1.165) is 27.9 Å². The predicted molar refractivity (Wildman–Crippen MR) is 73.1 cm³/mol. The molecule has 1 rings (SSSR count). The topological polar surface area (TPSA) is 114 Å². The van der Waals surface area contributed by atoms with Gasteiger partial charge in [-0.3, -0.25) is 0 Å². The predicted octanol–water partition coefficient (Wildman–Crippen LogP) is -1.15. The van der Waals surface area contributed by atoms with Crippen molar-refractivity contribution in [2.24, 2.45) is 0 Å². The van der Waals surface area contributed by atoms with E-state index >= 15 is 0 Å². The van der Waals surface area contributed by atoms with Gasteiger partial charge < -0.3 is 0 Å². The van der Waals surface area contributed by atoms with Gasteiger partial charge in [0.25, 0.3) is 0 Å². The van der Waals surface area contributed by atoms with Crippen molar-refractivity contribution in [1.29, 1.82) is 0 Å². The first-order valence-corrected chi connectivity index (χ1v) is 7.57. The fraction of sp³-hybridized carbons (Fsp3) is 0.692. The molecule has 0 N–H and O–H groups in total. The number of rotatable bonds is 4. The van der Waals surface area contributed by atoms with Gasteiger partial charge >= 0.3 is 140 Å². The van der Waals surface area contributed by atoms with Crippen molar-refractivity contribution >= 4 is 39.9 Å². The molecule has 0 aromatic rings. The molecule has 0 saturated carbocycles. The summed E-state index contributed by atoms with van der Waals surface area (Å²) >= 11 is 2.58. The number of methoxy groups -OCH3 is 1. The van der Waals surface area contributed by atoms with E-state index in [2.05, 4.69) is 20.7 Å². The number of esters is 4. The molecule has 1 radical (unpaired) electrons. The van der Waals surface area contributed by atoms with Crippen molar-refractivity contribution in [3.8, 4) is 0 Å². The number of hydrogen-bond acceptors (Lipinski definition) is 9. The third kappa shape index (κ3) is 5.19. The van der Waals surface area contributed by atoms with Crippen LogP contribution in [0, 0.1) is 0 Å². The molecule has 0 aromatic carbocycles. The summed E-state index contributed by atoms with van der Waals surface area (Å²) in [5.74, 6) is -2.92. The fourth-order valence-electron chi connectivity index (χ4n) is 2.08. The molecule has 0 spiro atoms. The number of ether oxygens (including phenoxy) is 5. The van der Waals surface area contributed by atoms with Crippen LogP contribution in [-0.2, 0) is 42.9 Å². The molecule has 5 atom stereocenters. The molecule has 9 nitrogen and oxygen atoms in total. The van der Waals surface area contributed by atoms with Gasteiger partial charge in [0, 0.05) is 0 Å². The van der Waals surface area contributed by atoms with E-state index in [1.54, 1.807) is 0 Å². The Hall–Kier alpha value is -1.64. The van der Waals surface area contributed by atoms with Crippen LogP contribution in [0.4, 0.5) is 0 Å². The summed E-state index contributed by atoms with van der Waals surface area (Å²) in [6.45, 7) is 3.40. The van der Waals surface area contributed by atoms with Crippen LogP contribution in [0.5, 0.6) is 0 Å². The minimum atomic E-state index is -1.34. The van der Waals surface area contributed by atoms with Crippen molar-refractivity contribution < 1.29 is 42.9 Å². The molecule has 129 valence electrons. The second-order valence-electron chi connectivity index (χ2n) is 4.67. The zero-order chi connectivity index (χ0) is 17.7. The minimum absolute atomic E-state index is 0.658. The van der Waals surface area contributed by atoms with Crippen LogP contribution >= 0.6 is 0 Å². The molecule has 5 unspecified atom stereocenters. The van der Waals surface area contributed by atoms with Gasteiger partial charge in [-0.1, -0.05) is 0 Å². The standard InChI is InChI=1S/C13H17O9Se/c1-5(14)19-8-9(20-6(2)15)11(21-7(3)16)13(23)22-10(8)12(17)18-4/h8-11,13H,1-4H3. The molecular formula is C13H17O9Se. The quantitative estimate of drug-likeness (QED) is 0.330. The molecule has 1 fully saturated rings. The Morgan fingerprint density at radius 1 is 0.826 bits per heavy atom. The summed E-state index contributed by atoms with van der Waals surface area (Å²) in [6.07, 6.45) is -4.99. The van der Waals surface area contributed by atoms with Crippen molar-refractivity contribution in [1.82, 2.24) is 0 Å². The molecule has 23 heavy (non-hydrogen) atoms. The zero-order valence-electron chi connectivity index (χ0n) is 13.0. The summed E-state index contributed by atoms with van der Waals surface area (Å²) in [5, 5.41) is -0.917. The van der Waals surface area contributed by atoms with Gasteiger partial charge in [-0.15, -0.1) is 0 Å². The van der Waals surface area contributed by atoms with Crippen LogP contribution in [0.1, 0.15) is 20.8 Å². The maximum atomic E-state index is 11.9. The normalized spacial score (nSPS) is 30.0. The van der Waals surface area contributed by atoms with Crippen molar-refractivity contribution in [2.75, 3.05) is 7.11 Å². The number of carbonyl (C=O) groups excluding carboxylic acids is 4. The summed E-state index contributed by atoms with van der Waals surface area (Å²) in [4.78, 5) is 45.8. The molecule has 1 aliphatic heterocycles. The van der Waals surface area contributed by atoms with E-state index < -0.39 is 53.3 Å². The molecule has 10 heteroatoms. The van der Waals surface area contributed by atoms with E-state index in [1.165, 1.54) is 0 Å². The van der Waals surface area contributed by atoms with Gasteiger partial charge in [0.1, 0.15) is 0 Å². The average Bonchev–Trinajstić information content (AvgIpc) is 2.43. The van der Waals surface area contributed by atoms with E-state index in [0.29, 0.717) is 0 Å². The second kappa shape index (κ2) is 8.28. The summed E-state index contributed by atoms with van der Waals surface area (Å²) < 4.78 is 25.2. The van der Waals surface area contributed by atoms with Gasteiger partial charge in [0.15, 0.2) is 0 Å². The Labute approximate surface area is 140 Å². The van der Waals surface area contributed by atoms with Gasteiger partial charge in [-0.05, 0) is 0 Å². The maximum absolute atomic E-state index is 11.9. The van der Waals surface area contributed by atoms with Crippen LogP contribution in [0.15, 0.2) is 0 Å². The van der Waals surface area contributed by atoms with Gasteiger partial charge in [0.05, 0.1) is 0 Å². The third-order valence-electron chi connectivity index (χ3n) is 2.83. The Morgan fingerprint density at radius 3 is 1.70 bits per heavy atom. The summed E-state index contributed by atoms with van der Waals surface area (Å²) in [7, 11) is 1.13. The van der Waals surface area contributed by atoms with Gasteiger partial charge in [0.2, 0.25) is 0 Å². The van der Waals surface area contributed by atoms with Gasteiger partial charge in [-0.25, -0.2) is 0 Å². The zero-order valence-corrected chi connectivity index (χ0v) is 14.7. The van der Waals surface area contributed by atoms with Crippen LogP contribution < -0.4 is 0 Å². The van der Waals surface area contributed by atoms with Gasteiger partial charge in [-0.2, -0.15) is 0 Å². The molecule has 1 saturated heterocycles. The Kier molecular flexibility index (Phi) is 6.99. The molecular weight excluding hydrogens is 379 g/mol. The SMILES string of the molecule is COC(=O)C1OC([Se])C(OC(C)=O)C(OC(C)=O)C1OC(C)=O. The van der Waals surface area contributed by atoms with Crippen LogP contribution in [0.25, 0.3) is 0 Å². The Bertz CT molecular complexity index is 492. The average molecular weight is 396 g/mol. The Morgan fingerprint density at radius 2 is 1.26 bits per heavy atom. The molecule has 0 bridgehead atoms. The molecule has 1 aliphatic rings. The third-order valence-corrected chi connectivity index (χ3v) is 3.63. The van der Waals surface area contributed by atoms with Crippen LogP contribution in [0.3, 0.4) is 0 Å². The van der Waals surface area contributed by atoms with E-state index in [4.69, 9.17) is 18.9 Å². The molecule has 0 aromatic heterocycles. The van der Waals surface area contributed by atoms with Crippen LogP contribution in [-0.4, -0.2) is 76.4 Å². The summed E-state index contributed by atoms with van der Waals surface area (Å²) in [5.41, 5.74) is 0. The molecule has 0 amide bonds. The van der Waals surface area contributed by atoms with E-state index in [9.17, 15) is 19.2 Å². The van der Waals surface area contributed by atoms with E-state index in [-0.39, 0.29) is 0 Å². The number of carbonyl (C=O) groups is 4. The second-order valence-corrected chi connectivity index (χ2v) is 5.65. The molecule has 0 aliphatic carbocycles.